The zero-order valence-electron chi connectivity index (χ0n) is 10.5. The van der Waals surface area contributed by atoms with Gasteiger partial charge >= 0.3 is 6.09 Å². The van der Waals surface area contributed by atoms with Crippen molar-refractivity contribution in [2.24, 2.45) is 0 Å². The Balaban J connectivity index is 3.11. The zero-order valence-corrected chi connectivity index (χ0v) is 12.1. The van der Waals surface area contributed by atoms with Gasteiger partial charge in [-0.15, -0.1) is 0 Å². The van der Waals surface area contributed by atoms with Crippen molar-refractivity contribution in [2.75, 3.05) is 5.32 Å². The molecule has 0 saturated heterocycles. The van der Waals surface area contributed by atoms with Gasteiger partial charge in [0, 0.05) is 10.7 Å². The molecule has 5 nitrogen and oxygen atoms in total. The second-order valence-corrected chi connectivity index (χ2v) is 7.21. The maximum absolute atomic E-state index is 13.6. The van der Waals surface area contributed by atoms with E-state index in [1.807, 2.05) is 5.32 Å². The van der Waals surface area contributed by atoms with E-state index in [-0.39, 0.29) is 0 Å². The maximum atomic E-state index is 13.6. The molecule has 1 rings (SSSR count). The molecule has 0 aliphatic rings. The molecule has 1 N–H and O–H groups in total. The van der Waals surface area contributed by atoms with E-state index < -0.39 is 37.1 Å². The van der Waals surface area contributed by atoms with E-state index in [1.165, 1.54) is 6.07 Å². The van der Waals surface area contributed by atoms with Crippen LogP contribution in [0.25, 0.3) is 0 Å². The van der Waals surface area contributed by atoms with Crippen LogP contribution in [-0.2, 0) is 13.8 Å². The van der Waals surface area contributed by atoms with Crippen molar-refractivity contribution < 1.29 is 22.3 Å². The third-order valence-electron chi connectivity index (χ3n) is 1.86. The van der Waals surface area contributed by atoms with E-state index in [9.17, 15) is 17.6 Å². The van der Waals surface area contributed by atoms with Gasteiger partial charge < -0.3 is 4.74 Å². The lowest BCUT2D eigenvalue weighted by Gasteiger charge is -2.20. The van der Waals surface area contributed by atoms with Crippen molar-refractivity contribution >= 4 is 31.5 Å². The third kappa shape index (κ3) is 4.68. The van der Waals surface area contributed by atoms with Crippen LogP contribution in [0.1, 0.15) is 20.8 Å². The summed E-state index contributed by atoms with van der Waals surface area (Å²) >= 11 is 0. The van der Waals surface area contributed by atoms with Gasteiger partial charge in [-0.25, -0.2) is 17.6 Å². The topological polar surface area (TPSA) is 72.5 Å². The Labute approximate surface area is 115 Å². The van der Waals surface area contributed by atoms with Crippen LogP contribution in [0.5, 0.6) is 0 Å². The summed E-state index contributed by atoms with van der Waals surface area (Å²) in [6, 6.07) is 3.25. The van der Waals surface area contributed by atoms with E-state index in [2.05, 4.69) is 0 Å². The predicted molar refractivity (Wildman–Crippen MR) is 69.3 cm³/mol. The Kier molecular flexibility index (Phi) is 4.42. The number of amides is 1. The fraction of sp³-hybridized carbons (Fsp3) is 0.364. The minimum atomic E-state index is -4.18. The molecule has 0 atom stereocenters. The highest BCUT2D eigenvalue weighted by atomic mass is 35.7. The smallest absolute Gasteiger partial charge is 0.412 e. The Morgan fingerprint density at radius 2 is 1.95 bits per heavy atom. The lowest BCUT2D eigenvalue weighted by molar-refractivity contribution is 0.0635. The molecule has 0 bridgehead atoms. The van der Waals surface area contributed by atoms with Crippen LogP contribution in [-0.4, -0.2) is 20.1 Å². The van der Waals surface area contributed by atoms with Crippen molar-refractivity contribution in [3.8, 4) is 0 Å². The molecule has 0 radical (unpaired) electrons. The average Bonchev–Trinajstić information content (AvgIpc) is 2.16. The fourth-order valence-electron chi connectivity index (χ4n) is 1.23. The first-order valence-electron chi connectivity index (χ1n) is 5.24. The number of halogens is 2. The maximum Gasteiger partial charge on any atom is 0.412 e. The van der Waals surface area contributed by atoms with Crippen LogP contribution < -0.4 is 5.32 Å². The Morgan fingerprint density at radius 3 is 2.42 bits per heavy atom. The van der Waals surface area contributed by atoms with Gasteiger partial charge in [-0.1, -0.05) is 6.07 Å². The van der Waals surface area contributed by atoms with Crippen molar-refractivity contribution in [3.05, 3.63) is 24.0 Å². The molecule has 0 spiro atoms. The molecule has 0 unspecified atom stereocenters. The number of carbonyl (C=O) groups excluding carboxylic acids is 1. The fourth-order valence-corrected chi connectivity index (χ4v) is 2.25. The first-order valence-corrected chi connectivity index (χ1v) is 7.55. The Bertz CT molecular complexity index is 595. The van der Waals surface area contributed by atoms with Crippen molar-refractivity contribution in [3.63, 3.8) is 0 Å². The summed E-state index contributed by atoms with van der Waals surface area (Å²) in [5.74, 6) is -0.924. The molecule has 0 aliphatic heterocycles. The number of benzene rings is 1. The normalized spacial score (nSPS) is 12.1. The molecular weight excluding hydrogens is 297 g/mol. The van der Waals surface area contributed by atoms with Gasteiger partial charge in [0.1, 0.15) is 16.3 Å². The van der Waals surface area contributed by atoms with Gasteiger partial charge in [-0.05, 0) is 32.9 Å². The standard InChI is InChI=1S/C11H13ClFNO4S/c1-11(2,3)18-10(15)14-9-7(13)5-4-6-8(9)19(12,16)17/h4-6H,1-3H3,(H,14,15). The van der Waals surface area contributed by atoms with Crippen LogP contribution in [0, 0.1) is 5.82 Å². The number of carbonyl (C=O) groups is 1. The first kappa shape index (κ1) is 15.7. The predicted octanol–water partition coefficient (Wildman–Crippen LogP) is 3.10. The number of hydrogen-bond donors (Lipinski definition) is 1. The van der Waals surface area contributed by atoms with Crippen molar-refractivity contribution in [1.29, 1.82) is 0 Å². The highest BCUT2D eigenvalue weighted by Gasteiger charge is 2.23. The number of hydrogen-bond acceptors (Lipinski definition) is 4. The largest absolute Gasteiger partial charge is 0.444 e. The Morgan fingerprint density at radius 1 is 1.37 bits per heavy atom. The molecular formula is C11H13ClFNO4S. The summed E-state index contributed by atoms with van der Waals surface area (Å²) in [5, 5.41) is 2.04. The quantitative estimate of drug-likeness (QED) is 0.852. The molecule has 1 amide bonds. The molecule has 0 heterocycles. The van der Waals surface area contributed by atoms with E-state index in [4.69, 9.17) is 15.4 Å². The molecule has 0 fully saturated rings. The third-order valence-corrected chi connectivity index (χ3v) is 3.23. The molecule has 1 aromatic rings. The van der Waals surface area contributed by atoms with Crippen molar-refractivity contribution in [2.45, 2.75) is 31.3 Å². The summed E-state index contributed by atoms with van der Waals surface area (Å²) in [5.41, 5.74) is -1.33. The summed E-state index contributed by atoms with van der Waals surface area (Å²) < 4.78 is 41.0. The minimum absolute atomic E-state index is 0.528. The molecule has 1 aromatic carbocycles. The lowest BCUT2D eigenvalue weighted by atomic mass is 10.2. The highest BCUT2D eigenvalue weighted by Crippen LogP contribution is 2.27. The molecule has 0 aromatic heterocycles. The van der Waals surface area contributed by atoms with Gasteiger partial charge in [0.05, 0.1) is 5.69 Å². The summed E-state index contributed by atoms with van der Waals surface area (Å²) in [6.07, 6.45) is -0.973. The molecule has 0 saturated carbocycles. The summed E-state index contributed by atoms with van der Waals surface area (Å²) in [4.78, 5) is 11.0. The zero-order chi connectivity index (χ0) is 14.8. The number of nitrogens with one attached hydrogen (secondary N) is 1. The second kappa shape index (κ2) is 5.34. The summed E-state index contributed by atoms with van der Waals surface area (Å²) in [7, 11) is 0.982. The van der Waals surface area contributed by atoms with Gasteiger partial charge in [-0.3, -0.25) is 5.32 Å². The van der Waals surface area contributed by atoms with E-state index in [0.717, 1.165) is 12.1 Å². The van der Waals surface area contributed by atoms with Crippen LogP contribution in [0.15, 0.2) is 23.1 Å². The van der Waals surface area contributed by atoms with E-state index >= 15 is 0 Å². The van der Waals surface area contributed by atoms with Gasteiger partial charge in [-0.2, -0.15) is 0 Å². The molecule has 8 heteroatoms. The molecule has 0 aliphatic carbocycles. The van der Waals surface area contributed by atoms with Crippen LogP contribution in [0.2, 0.25) is 0 Å². The first-order chi connectivity index (χ1) is 8.50. The van der Waals surface area contributed by atoms with Crippen LogP contribution >= 0.6 is 10.7 Å². The van der Waals surface area contributed by atoms with Gasteiger partial charge in [0.2, 0.25) is 0 Å². The Hall–Kier alpha value is -1.34. The number of rotatable bonds is 2. The van der Waals surface area contributed by atoms with E-state index in [0.29, 0.717) is 0 Å². The SMILES string of the molecule is CC(C)(C)OC(=O)Nc1c(F)cccc1S(=O)(=O)Cl. The highest BCUT2D eigenvalue weighted by molar-refractivity contribution is 8.13. The van der Waals surface area contributed by atoms with Crippen molar-refractivity contribution in [1.82, 2.24) is 0 Å². The monoisotopic (exact) mass is 309 g/mol. The second-order valence-electron chi connectivity index (χ2n) is 4.68. The van der Waals surface area contributed by atoms with Crippen LogP contribution in [0.3, 0.4) is 0 Å². The molecule has 19 heavy (non-hydrogen) atoms. The van der Waals surface area contributed by atoms with Gasteiger partial charge in [0.15, 0.2) is 0 Å². The molecule has 106 valence electrons. The lowest BCUT2D eigenvalue weighted by Crippen LogP contribution is -2.28. The average molecular weight is 310 g/mol. The number of anilines is 1. The van der Waals surface area contributed by atoms with Crippen LogP contribution in [0.4, 0.5) is 14.9 Å². The summed E-state index contributed by atoms with van der Waals surface area (Å²) in [6.45, 7) is 4.85. The number of para-hydroxylation sites is 1. The van der Waals surface area contributed by atoms with E-state index in [1.54, 1.807) is 20.8 Å². The number of ether oxygens (including phenoxy) is 1. The minimum Gasteiger partial charge on any atom is -0.444 e. The van der Waals surface area contributed by atoms with Gasteiger partial charge in [0.25, 0.3) is 9.05 Å².